The van der Waals surface area contributed by atoms with E-state index >= 15 is 0 Å². The van der Waals surface area contributed by atoms with Crippen LogP contribution in [0.4, 0.5) is 0 Å². The van der Waals surface area contributed by atoms with Crippen LogP contribution in [0.1, 0.15) is 37.3 Å². The summed E-state index contributed by atoms with van der Waals surface area (Å²) in [5.74, 6) is 0. The van der Waals surface area contributed by atoms with Crippen LogP contribution in [0.2, 0.25) is 0 Å². The first kappa shape index (κ1) is 15.2. The molecular weight excluding hydrogens is 220 g/mol. The Labute approximate surface area is 112 Å². The molecule has 1 rings (SSSR count). The van der Waals surface area contributed by atoms with E-state index in [0.717, 1.165) is 6.54 Å². The summed E-state index contributed by atoms with van der Waals surface area (Å²) < 4.78 is 0. The Morgan fingerprint density at radius 1 is 1.28 bits per heavy atom. The zero-order valence-electron chi connectivity index (χ0n) is 12.4. The fourth-order valence-electron chi connectivity index (χ4n) is 2.18. The molecule has 1 aromatic carbocycles. The van der Waals surface area contributed by atoms with Crippen molar-refractivity contribution in [1.82, 2.24) is 10.2 Å². The molecule has 18 heavy (non-hydrogen) atoms. The van der Waals surface area contributed by atoms with Crippen molar-refractivity contribution in [3.8, 4) is 0 Å². The topological polar surface area (TPSA) is 15.3 Å². The van der Waals surface area contributed by atoms with Gasteiger partial charge in [-0.05, 0) is 52.9 Å². The van der Waals surface area contributed by atoms with E-state index in [2.05, 4.69) is 55.4 Å². The smallest absolute Gasteiger partial charge is 0.0230 e. The normalized spacial score (nSPS) is 12.9. The molecule has 1 N–H and O–H groups in total. The van der Waals surface area contributed by atoms with Crippen molar-refractivity contribution >= 4 is 0 Å². The van der Waals surface area contributed by atoms with Crippen molar-refractivity contribution in [3.63, 3.8) is 0 Å². The molecule has 0 aliphatic heterocycles. The Hall–Kier alpha value is -0.860. The van der Waals surface area contributed by atoms with Crippen LogP contribution in [-0.2, 0) is 6.54 Å². The van der Waals surface area contributed by atoms with E-state index in [1.165, 1.54) is 36.9 Å². The largest absolute Gasteiger partial charge is 0.317 e. The van der Waals surface area contributed by atoms with Crippen molar-refractivity contribution in [2.24, 2.45) is 0 Å². The molecule has 0 bridgehead atoms. The lowest BCUT2D eigenvalue weighted by molar-refractivity contribution is 0.314. The summed E-state index contributed by atoms with van der Waals surface area (Å²) in [5, 5.41) is 3.29. The van der Waals surface area contributed by atoms with Crippen LogP contribution in [0.3, 0.4) is 0 Å². The lowest BCUT2D eigenvalue weighted by atomic mass is 10.1. The summed E-state index contributed by atoms with van der Waals surface area (Å²) in [6.07, 6.45) is 3.86. The maximum absolute atomic E-state index is 3.29. The van der Waals surface area contributed by atoms with Crippen molar-refractivity contribution < 1.29 is 0 Å². The number of nitrogens with one attached hydrogen (secondary N) is 1. The molecule has 1 atom stereocenters. The van der Waals surface area contributed by atoms with E-state index in [1.807, 2.05) is 7.05 Å². The molecule has 0 aromatic heterocycles. The fraction of sp³-hybridized carbons (Fsp3) is 0.625. The zero-order chi connectivity index (χ0) is 13.4. The Kier molecular flexibility index (Phi) is 6.99. The first-order chi connectivity index (χ1) is 8.61. The Balaban J connectivity index is 2.19. The van der Waals surface area contributed by atoms with Gasteiger partial charge in [-0.2, -0.15) is 0 Å². The van der Waals surface area contributed by atoms with Gasteiger partial charge in [0.2, 0.25) is 0 Å². The predicted molar refractivity (Wildman–Crippen MR) is 79.9 cm³/mol. The van der Waals surface area contributed by atoms with Gasteiger partial charge in [0, 0.05) is 12.6 Å². The number of rotatable bonds is 8. The summed E-state index contributed by atoms with van der Waals surface area (Å²) >= 11 is 0. The van der Waals surface area contributed by atoms with E-state index in [9.17, 15) is 0 Å². The first-order valence-electron chi connectivity index (χ1n) is 7.03. The molecule has 2 heteroatoms. The quantitative estimate of drug-likeness (QED) is 0.711. The molecule has 0 heterocycles. The highest BCUT2D eigenvalue weighted by Gasteiger charge is 2.02. The average molecular weight is 248 g/mol. The lowest BCUT2D eigenvalue weighted by Crippen LogP contribution is -2.22. The minimum absolute atomic E-state index is 0.645. The molecule has 0 saturated heterocycles. The van der Waals surface area contributed by atoms with Gasteiger partial charge >= 0.3 is 0 Å². The van der Waals surface area contributed by atoms with Crippen LogP contribution in [0.15, 0.2) is 24.3 Å². The average Bonchev–Trinajstić information content (AvgIpc) is 2.34. The molecular formula is C16H28N2. The maximum Gasteiger partial charge on any atom is 0.0230 e. The number of hydrogen-bond donors (Lipinski definition) is 1. The van der Waals surface area contributed by atoms with Gasteiger partial charge in [-0.1, -0.05) is 36.2 Å². The van der Waals surface area contributed by atoms with Crippen LogP contribution in [0.5, 0.6) is 0 Å². The van der Waals surface area contributed by atoms with E-state index < -0.39 is 0 Å². The third-order valence-corrected chi connectivity index (χ3v) is 3.45. The van der Waals surface area contributed by atoms with Gasteiger partial charge in [0.15, 0.2) is 0 Å². The second kappa shape index (κ2) is 8.28. The Morgan fingerprint density at radius 2 is 2.06 bits per heavy atom. The molecule has 1 aromatic rings. The number of hydrogen-bond acceptors (Lipinski definition) is 2. The van der Waals surface area contributed by atoms with E-state index in [1.54, 1.807) is 0 Å². The molecule has 0 radical (unpaired) electrons. The van der Waals surface area contributed by atoms with Gasteiger partial charge < -0.3 is 10.2 Å². The second-order valence-electron chi connectivity index (χ2n) is 5.41. The third kappa shape index (κ3) is 6.18. The number of aryl methyl sites for hydroxylation is 1. The summed E-state index contributed by atoms with van der Waals surface area (Å²) in [7, 11) is 4.25. The van der Waals surface area contributed by atoms with Crippen LogP contribution in [-0.4, -0.2) is 31.6 Å². The summed E-state index contributed by atoms with van der Waals surface area (Å²) in [4.78, 5) is 2.42. The van der Waals surface area contributed by atoms with Gasteiger partial charge in [-0.15, -0.1) is 0 Å². The molecule has 2 nitrogen and oxygen atoms in total. The molecule has 0 aliphatic carbocycles. The molecule has 0 saturated carbocycles. The number of unbranched alkanes of at least 4 members (excludes halogenated alkanes) is 1. The highest BCUT2D eigenvalue weighted by molar-refractivity contribution is 5.21. The van der Waals surface area contributed by atoms with Crippen molar-refractivity contribution in [3.05, 3.63) is 35.4 Å². The predicted octanol–water partition coefficient (Wildman–Crippen LogP) is 3.21. The van der Waals surface area contributed by atoms with Crippen LogP contribution in [0, 0.1) is 6.92 Å². The Bertz CT molecular complexity index is 336. The van der Waals surface area contributed by atoms with Gasteiger partial charge in [-0.3, -0.25) is 0 Å². The molecule has 0 spiro atoms. The van der Waals surface area contributed by atoms with Crippen molar-refractivity contribution in [2.75, 3.05) is 20.6 Å². The van der Waals surface area contributed by atoms with Crippen molar-refractivity contribution in [2.45, 2.75) is 45.7 Å². The van der Waals surface area contributed by atoms with Gasteiger partial charge in [0.25, 0.3) is 0 Å². The van der Waals surface area contributed by atoms with Crippen molar-refractivity contribution in [1.29, 1.82) is 0 Å². The lowest BCUT2D eigenvalue weighted by Gasteiger charge is -2.17. The molecule has 0 aliphatic rings. The van der Waals surface area contributed by atoms with E-state index in [4.69, 9.17) is 0 Å². The minimum atomic E-state index is 0.645. The zero-order valence-corrected chi connectivity index (χ0v) is 12.4. The molecule has 0 fully saturated rings. The van der Waals surface area contributed by atoms with Crippen LogP contribution >= 0.6 is 0 Å². The highest BCUT2D eigenvalue weighted by atomic mass is 15.1. The number of nitrogens with zero attached hydrogens (tertiary/aromatic N) is 1. The summed E-state index contributed by atoms with van der Waals surface area (Å²) in [6, 6.07) is 9.44. The van der Waals surface area contributed by atoms with Crippen LogP contribution in [0.25, 0.3) is 0 Å². The minimum Gasteiger partial charge on any atom is -0.317 e. The van der Waals surface area contributed by atoms with E-state index in [0.29, 0.717) is 6.04 Å². The fourth-order valence-corrected chi connectivity index (χ4v) is 2.18. The highest BCUT2D eigenvalue weighted by Crippen LogP contribution is 2.08. The SMILES string of the molecule is CNC(C)CCCCN(C)Cc1cccc(C)c1. The molecule has 0 amide bonds. The standard InChI is InChI=1S/C16H28N2/c1-14-8-7-10-16(12-14)13-18(4)11-6-5-9-15(2)17-3/h7-8,10,12,15,17H,5-6,9,11,13H2,1-4H3. The molecule has 1 unspecified atom stereocenters. The maximum atomic E-state index is 3.29. The second-order valence-corrected chi connectivity index (χ2v) is 5.41. The summed E-state index contributed by atoms with van der Waals surface area (Å²) in [6.45, 7) is 6.65. The number of benzene rings is 1. The van der Waals surface area contributed by atoms with Gasteiger partial charge in [-0.25, -0.2) is 0 Å². The first-order valence-corrected chi connectivity index (χ1v) is 7.03. The third-order valence-electron chi connectivity index (χ3n) is 3.45. The summed E-state index contributed by atoms with van der Waals surface area (Å²) in [5.41, 5.74) is 2.77. The monoisotopic (exact) mass is 248 g/mol. The van der Waals surface area contributed by atoms with Crippen LogP contribution < -0.4 is 5.32 Å². The molecule has 102 valence electrons. The van der Waals surface area contributed by atoms with E-state index in [-0.39, 0.29) is 0 Å². The Morgan fingerprint density at radius 3 is 2.72 bits per heavy atom. The van der Waals surface area contributed by atoms with Gasteiger partial charge in [0.05, 0.1) is 0 Å². The van der Waals surface area contributed by atoms with Gasteiger partial charge in [0.1, 0.15) is 0 Å².